The van der Waals surface area contributed by atoms with Gasteiger partial charge in [0, 0.05) is 16.3 Å². The minimum atomic E-state index is -2.68. The zero-order chi connectivity index (χ0) is 33.5. The molecule has 0 aliphatic rings. The lowest BCUT2D eigenvalue weighted by atomic mass is 9.95. The van der Waals surface area contributed by atoms with Crippen LogP contribution in [0.4, 0.5) is 0 Å². The number of aromatic nitrogens is 1. The Bertz CT molecular complexity index is 1640. The van der Waals surface area contributed by atoms with Crippen molar-refractivity contribution in [1.82, 2.24) is 4.98 Å². The second kappa shape index (κ2) is 15.9. The van der Waals surface area contributed by atoms with Gasteiger partial charge in [-0.3, -0.25) is 0 Å². The largest absolute Gasteiger partial charge is 0.461 e. The number of nitrogens with zero attached hydrogens (tertiary/aromatic N) is 1. The summed E-state index contributed by atoms with van der Waals surface area (Å²) in [6.07, 6.45) is 4.87. The van der Waals surface area contributed by atoms with E-state index in [2.05, 4.69) is 87.3 Å². The van der Waals surface area contributed by atoms with Crippen molar-refractivity contribution in [3.8, 4) is 0 Å². The standard InChI is InChI=1S/C37H40Cl3NO3SSi/c1-25(22-44-46(37(4,5)6,31-13-9-7-10-14-31)32-15-11-8-12-16-32)17-18-28(26(2)19-30-24-45-27(3)41-30)23-43-36(42)35-33(39)20-29(38)21-34(35)40/h7-17,19-21,24,28H,18,22-23H2,1-6H3/b25-17-,26-19+/t28-/m1/s1. The molecule has 4 rings (SSSR count). The number of thiazole rings is 1. The van der Waals surface area contributed by atoms with Gasteiger partial charge >= 0.3 is 5.97 Å². The molecule has 46 heavy (non-hydrogen) atoms. The van der Waals surface area contributed by atoms with Gasteiger partial charge in [-0.15, -0.1) is 11.3 Å². The first-order chi connectivity index (χ1) is 21.8. The van der Waals surface area contributed by atoms with Crippen molar-refractivity contribution in [3.05, 3.63) is 127 Å². The Morgan fingerprint density at radius 2 is 1.52 bits per heavy atom. The summed E-state index contributed by atoms with van der Waals surface area (Å²) in [7, 11) is -2.68. The molecule has 0 aliphatic carbocycles. The van der Waals surface area contributed by atoms with E-state index in [1.54, 1.807) is 11.3 Å². The number of carbonyl (C=O) groups excluding carboxylic acids is 1. The summed E-state index contributed by atoms with van der Waals surface area (Å²) < 4.78 is 12.9. The Balaban J connectivity index is 1.59. The molecule has 4 nitrogen and oxygen atoms in total. The van der Waals surface area contributed by atoms with E-state index in [1.165, 1.54) is 22.5 Å². The maximum Gasteiger partial charge on any atom is 0.341 e. The van der Waals surface area contributed by atoms with Crippen LogP contribution in [0.2, 0.25) is 20.1 Å². The molecule has 242 valence electrons. The van der Waals surface area contributed by atoms with Gasteiger partial charge < -0.3 is 9.16 Å². The molecule has 0 bridgehead atoms. The molecule has 1 heterocycles. The molecule has 0 amide bonds. The molecule has 9 heteroatoms. The Kier molecular flexibility index (Phi) is 12.5. The van der Waals surface area contributed by atoms with Crippen LogP contribution in [0.25, 0.3) is 6.08 Å². The SMILES string of the molecule is C/C(=C/C[C@H](COC(=O)c1c(Cl)cc(Cl)cc1Cl)/C(C)=C/c1csc(C)n1)CO[Si](c1ccccc1)(c1ccccc1)C(C)(C)C. The first kappa shape index (κ1) is 36.1. The Hall–Kier alpha value is -2.71. The van der Waals surface area contributed by atoms with Crippen molar-refractivity contribution in [2.24, 2.45) is 5.92 Å². The molecule has 0 spiro atoms. The lowest BCUT2D eigenvalue weighted by Crippen LogP contribution is -2.66. The maximum atomic E-state index is 13.1. The quantitative estimate of drug-likeness (QED) is 0.0834. The Labute approximate surface area is 293 Å². The van der Waals surface area contributed by atoms with Gasteiger partial charge in [0.1, 0.15) is 0 Å². The third-order valence-corrected chi connectivity index (χ3v) is 14.6. The average molecular weight is 713 g/mol. The normalized spacial score (nSPS) is 13.5. The number of rotatable bonds is 12. The van der Waals surface area contributed by atoms with Crippen LogP contribution in [0.1, 0.15) is 62.1 Å². The van der Waals surface area contributed by atoms with Crippen LogP contribution >= 0.6 is 46.1 Å². The van der Waals surface area contributed by atoms with Gasteiger partial charge in [0.25, 0.3) is 8.32 Å². The lowest BCUT2D eigenvalue weighted by Gasteiger charge is -2.43. The second-order valence-electron chi connectivity index (χ2n) is 12.5. The molecule has 0 N–H and O–H groups in total. The number of carbonyl (C=O) groups is 1. The van der Waals surface area contributed by atoms with Gasteiger partial charge in [-0.05, 0) is 60.8 Å². The molecule has 1 atom stereocenters. The Morgan fingerprint density at radius 3 is 2.02 bits per heavy atom. The molecule has 0 saturated heterocycles. The minimum absolute atomic E-state index is 0.105. The van der Waals surface area contributed by atoms with Crippen LogP contribution in [0.15, 0.2) is 95.4 Å². The fraction of sp³-hybridized carbons (Fsp3) is 0.297. The monoisotopic (exact) mass is 711 g/mol. The number of aryl methyl sites for hydroxylation is 1. The van der Waals surface area contributed by atoms with E-state index in [4.69, 9.17) is 44.0 Å². The summed E-state index contributed by atoms with van der Waals surface area (Å²) in [4.78, 5) is 17.7. The number of allylic oxidation sites excluding steroid dienone is 1. The molecule has 0 radical (unpaired) electrons. The molecule has 0 fully saturated rings. The Morgan fingerprint density at radius 1 is 0.957 bits per heavy atom. The molecule has 3 aromatic carbocycles. The van der Waals surface area contributed by atoms with E-state index in [0.29, 0.717) is 18.1 Å². The highest BCUT2D eigenvalue weighted by atomic mass is 35.5. The van der Waals surface area contributed by atoms with Gasteiger partial charge in [0.15, 0.2) is 0 Å². The van der Waals surface area contributed by atoms with Crippen molar-refractivity contribution in [2.45, 2.75) is 53.0 Å². The third kappa shape index (κ3) is 8.80. The van der Waals surface area contributed by atoms with Crippen molar-refractivity contribution >= 4 is 76.9 Å². The summed E-state index contributed by atoms with van der Waals surface area (Å²) in [5.41, 5.74) is 3.14. The van der Waals surface area contributed by atoms with E-state index in [9.17, 15) is 4.79 Å². The minimum Gasteiger partial charge on any atom is -0.461 e. The number of esters is 1. The van der Waals surface area contributed by atoms with Crippen LogP contribution in [0.5, 0.6) is 0 Å². The summed E-state index contributed by atoms with van der Waals surface area (Å²) >= 11 is 20.3. The van der Waals surface area contributed by atoms with E-state index in [-0.39, 0.29) is 33.2 Å². The zero-order valence-corrected chi connectivity index (χ0v) is 31.2. The highest BCUT2D eigenvalue weighted by molar-refractivity contribution is 7.09. The first-order valence-corrected chi connectivity index (χ1v) is 19.1. The van der Waals surface area contributed by atoms with E-state index >= 15 is 0 Å². The number of hydrogen-bond acceptors (Lipinski definition) is 5. The van der Waals surface area contributed by atoms with Gasteiger partial charge in [0.05, 0.1) is 39.5 Å². The fourth-order valence-electron chi connectivity index (χ4n) is 5.55. The van der Waals surface area contributed by atoms with Crippen molar-refractivity contribution in [2.75, 3.05) is 13.2 Å². The van der Waals surface area contributed by atoms with Crippen LogP contribution in [0.3, 0.4) is 0 Å². The highest BCUT2D eigenvalue weighted by Crippen LogP contribution is 2.37. The number of halogens is 3. The molecule has 4 aromatic rings. The van der Waals surface area contributed by atoms with E-state index in [0.717, 1.165) is 21.8 Å². The van der Waals surface area contributed by atoms with Crippen molar-refractivity contribution in [1.29, 1.82) is 0 Å². The van der Waals surface area contributed by atoms with Crippen LogP contribution in [-0.4, -0.2) is 32.5 Å². The average Bonchev–Trinajstić information content (AvgIpc) is 3.41. The topological polar surface area (TPSA) is 48.4 Å². The van der Waals surface area contributed by atoms with Crippen LogP contribution in [-0.2, 0) is 9.16 Å². The van der Waals surface area contributed by atoms with Crippen LogP contribution in [0, 0.1) is 12.8 Å². The zero-order valence-electron chi connectivity index (χ0n) is 27.1. The maximum absolute atomic E-state index is 13.1. The predicted molar refractivity (Wildman–Crippen MR) is 198 cm³/mol. The molecule has 0 saturated carbocycles. The van der Waals surface area contributed by atoms with Crippen molar-refractivity contribution < 1.29 is 14.0 Å². The van der Waals surface area contributed by atoms with Gasteiger partial charge in [-0.1, -0.05) is 133 Å². The second-order valence-corrected chi connectivity index (χ2v) is 19.1. The summed E-state index contributed by atoms with van der Waals surface area (Å²) in [6, 6.07) is 24.2. The highest BCUT2D eigenvalue weighted by Gasteiger charge is 2.50. The molecular weight excluding hydrogens is 673 g/mol. The van der Waals surface area contributed by atoms with E-state index in [1.807, 2.05) is 37.4 Å². The van der Waals surface area contributed by atoms with E-state index < -0.39 is 14.3 Å². The fourth-order valence-corrected chi connectivity index (χ4v) is 11.7. The third-order valence-electron chi connectivity index (χ3n) is 7.97. The molecule has 1 aromatic heterocycles. The molecule has 0 aliphatic heterocycles. The molecule has 0 unspecified atom stereocenters. The number of benzene rings is 3. The first-order valence-electron chi connectivity index (χ1n) is 15.1. The summed E-state index contributed by atoms with van der Waals surface area (Å²) in [6.45, 7) is 13.5. The summed E-state index contributed by atoms with van der Waals surface area (Å²) in [5.74, 6) is -0.705. The summed E-state index contributed by atoms with van der Waals surface area (Å²) in [5, 5.41) is 6.02. The van der Waals surface area contributed by atoms with Crippen molar-refractivity contribution in [3.63, 3.8) is 0 Å². The lowest BCUT2D eigenvalue weighted by molar-refractivity contribution is 0.0461. The predicted octanol–water partition coefficient (Wildman–Crippen LogP) is 10.2. The molecular formula is C37H40Cl3NO3SSi. The number of ether oxygens (including phenoxy) is 1. The smallest absolute Gasteiger partial charge is 0.341 e. The number of hydrogen-bond donors (Lipinski definition) is 0. The van der Waals surface area contributed by atoms with Gasteiger partial charge in [-0.2, -0.15) is 0 Å². The van der Waals surface area contributed by atoms with Crippen LogP contribution < -0.4 is 10.4 Å². The van der Waals surface area contributed by atoms with Gasteiger partial charge in [0.2, 0.25) is 0 Å². The van der Waals surface area contributed by atoms with Gasteiger partial charge in [-0.25, -0.2) is 9.78 Å².